The van der Waals surface area contributed by atoms with Crippen LogP contribution in [-0.4, -0.2) is 44.9 Å². The van der Waals surface area contributed by atoms with Gasteiger partial charge in [0.25, 0.3) is 5.91 Å². The van der Waals surface area contributed by atoms with Crippen molar-refractivity contribution >= 4 is 17.8 Å². The van der Waals surface area contributed by atoms with Crippen LogP contribution in [0, 0.1) is 5.92 Å². The number of rotatable bonds is 3. The number of carboxylic acid groups (broad SMARTS) is 1. The molecule has 3 rings (SSSR count). The first-order valence-electron chi connectivity index (χ1n) is 7.80. The number of aromatic nitrogens is 1. The normalized spacial score (nSPS) is 26.6. The summed E-state index contributed by atoms with van der Waals surface area (Å²) in [4.78, 5) is 40.9. The van der Waals surface area contributed by atoms with Gasteiger partial charge in [0.1, 0.15) is 11.7 Å². The first kappa shape index (κ1) is 15.5. The van der Waals surface area contributed by atoms with Crippen molar-refractivity contribution < 1.29 is 19.5 Å². The lowest BCUT2D eigenvalue weighted by Crippen LogP contribution is -2.46. The second kappa shape index (κ2) is 5.98. The number of amides is 2. The fourth-order valence-electron chi connectivity index (χ4n) is 3.77. The van der Waals surface area contributed by atoms with E-state index in [0.29, 0.717) is 6.42 Å². The highest BCUT2D eigenvalue weighted by atomic mass is 16.4. The molecule has 0 bridgehead atoms. The number of likely N-dealkylation sites (tertiary alicyclic amines) is 1. The molecule has 23 heavy (non-hydrogen) atoms. The van der Waals surface area contributed by atoms with Crippen LogP contribution in [0.1, 0.15) is 53.0 Å². The van der Waals surface area contributed by atoms with Crippen LogP contribution < -0.4 is 5.73 Å². The lowest BCUT2D eigenvalue weighted by Gasteiger charge is -2.32. The maximum absolute atomic E-state index is 12.8. The number of carboxylic acids is 1. The fourth-order valence-corrected chi connectivity index (χ4v) is 3.77. The number of nitrogens with two attached hydrogens (primary N) is 1. The van der Waals surface area contributed by atoms with E-state index in [0.717, 1.165) is 25.7 Å². The molecule has 122 valence electrons. The zero-order chi connectivity index (χ0) is 16.6. The molecule has 1 saturated heterocycles. The van der Waals surface area contributed by atoms with E-state index in [1.54, 1.807) is 0 Å². The predicted octanol–water partition coefficient (Wildman–Crippen LogP) is 1.04. The molecule has 2 fully saturated rings. The summed E-state index contributed by atoms with van der Waals surface area (Å²) in [5.74, 6) is -1.73. The number of aliphatic carboxylic acids is 1. The summed E-state index contributed by atoms with van der Waals surface area (Å²) in [6.45, 7) is 0. The highest BCUT2D eigenvalue weighted by molar-refractivity contribution is 5.97. The Labute approximate surface area is 133 Å². The Morgan fingerprint density at radius 1 is 1.22 bits per heavy atom. The SMILES string of the molecule is NC(=O)c1ccc(C(=O)N2C(C(=O)O)CC3CCCCC32)nc1. The van der Waals surface area contributed by atoms with Crippen molar-refractivity contribution in [2.24, 2.45) is 11.7 Å². The van der Waals surface area contributed by atoms with E-state index in [1.165, 1.54) is 23.2 Å². The molecule has 2 amide bonds. The van der Waals surface area contributed by atoms with Gasteiger partial charge in [-0.2, -0.15) is 0 Å². The zero-order valence-corrected chi connectivity index (χ0v) is 12.6. The molecule has 1 aromatic rings. The van der Waals surface area contributed by atoms with Gasteiger partial charge in [-0.25, -0.2) is 4.79 Å². The van der Waals surface area contributed by atoms with Crippen molar-refractivity contribution in [3.8, 4) is 0 Å². The van der Waals surface area contributed by atoms with Gasteiger partial charge >= 0.3 is 5.97 Å². The van der Waals surface area contributed by atoms with Crippen LogP contribution in [0.5, 0.6) is 0 Å². The summed E-state index contributed by atoms with van der Waals surface area (Å²) < 4.78 is 0. The van der Waals surface area contributed by atoms with Gasteiger partial charge in [-0.15, -0.1) is 0 Å². The van der Waals surface area contributed by atoms with Crippen molar-refractivity contribution in [2.75, 3.05) is 0 Å². The van der Waals surface area contributed by atoms with Gasteiger partial charge in [0.05, 0.1) is 5.56 Å². The van der Waals surface area contributed by atoms with Gasteiger partial charge in [-0.3, -0.25) is 14.6 Å². The molecule has 0 radical (unpaired) electrons. The molecular weight excluding hydrogens is 298 g/mol. The van der Waals surface area contributed by atoms with E-state index in [1.807, 2.05) is 0 Å². The second-order valence-electron chi connectivity index (χ2n) is 6.21. The van der Waals surface area contributed by atoms with E-state index >= 15 is 0 Å². The summed E-state index contributed by atoms with van der Waals surface area (Å²) in [7, 11) is 0. The third-order valence-corrected chi connectivity index (χ3v) is 4.87. The van der Waals surface area contributed by atoms with Crippen molar-refractivity contribution in [1.29, 1.82) is 0 Å². The number of hydrogen-bond donors (Lipinski definition) is 2. The summed E-state index contributed by atoms with van der Waals surface area (Å²) >= 11 is 0. The molecule has 3 unspecified atom stereocenters. The number of primary amides is 1. The Balaban J connectivity index is 1.88. The zero-order valence-electron chi connectivity index (χ0n) is 12.6. The molecule has 0 spiro atoms. The molecule has 1 aliphatic carbocycles. The summed E-state index contributed by atoms with van der Waals surface area (Å²) in [6.07, 6.45) is 5.64. The molecule has 7 heteroatoms. The number of pyridine rings is 1. The maximum atomic E-state index is 12.8. The van der Waals surface area contributed by atoms with Crippen LogP contribution >= 0.6 is 0 Å². The monoisotopic (exact) mass is 317 g/mol. The standard InChI is InChI=1S/C16H19N3O4/c17-14(20)10-5-6-11(18-8-10)15(21)19-12-4-2-1-3-9(12)7-13(19)16(22)23/h5-6,8-9,12-13H,1-4,7H2,(H2,17,20)(H,22,23). The summed E-state index contributed by atoms with van der Waals surface area (Å²) in [6, 6.07) is 2.03. The van der Waals surface area contributed by atoms with Crippen molar-refractivity contribution in [2.45, 2.75) is 44.2 Å². The largest absolute Gasteiger partial charge is 0.480 e. The maximum Gasteiger partial charge on any atom is 0.326 e. The van der Waals surface area contributed by atoms with Crippen LogP contribution in [0.15, 0.2) is 18.3 Å². The molecule has 0 aromatic carbocycles. The highest BCUT2D eigenvalue weighted by Gasteiger charge is 2.47. The smallest absolute Gasteiger partial charge is 0.326 e. The Hall–Kier alpha value is -2.44. The van der Waals surface area contributed by atoms with E-state index in [9.17, 15) is 19.5 Å². The first-order valence-corrected chi connectivity index (χ1v) is 7.80. The van der Waals surface area contributed by atoms with Gasteiger partial charge in [-0.1, -0.05) is 12.8 Å². The van der Waals surface area contributed by atoms with E-state index in [-0.39, 0.29) is 29.1 Å². The van der Waals surface area contributed by atoms with Crippen LogP contribution in [0.3, 0.4) is 0 Å². The number of nitrogens with zero attached hydrogens (tertiary/aromatic N) is 2. The van der Waals surface area contributed by atoms with Gasteiger partial charge in [0.2, 0.25) is 5.91 Å². The third kappa shape index (κ3) is 2.78. The molecular formula is C16H19N3O4. The Morgan fingerprint density at radius 3 is 2.57 bits per heavy atom. The number of carbonyl (C=O) groups excluding carboxylic acids is 2. The molecule has 2 heterocycles. The van der Waals surface area contributed by atoms with Crippen LogP contribution in [0.2, 0.25) is 0 Å². The van der Waals surface area contributed by atoms with Gasteiger partial charge in [0.15, 0.2) is 0 Å². The van der Waals surface area contributed by atoms with Crippen LogP contribution in [-0.2, 0) is 4.79 Å². The number of carbonyl (C=O) groups is 3. The van der Waals surface area contributed by atoms with Crippen LogP contribution in [0.4, 0.5) is 0 Å². The molecule has 2 aliphatic rings. The molecule has 1 saturated carbocycles. The van der Waals surface area contributed by atoms with Crippen LogP contribution in [0.25, 0.3) is 0 Å². The molecule has 1 aliphatic heterocycles. The quantitative estimate of drug-likeness (QED) is 0.864. The lowest BCUT2D eigenvalue weighted by molar-refractivity contribution is -0.141. The Kier molecular flexibility index (Phi) is 4.02. The lowest BCUT2D eigenvalue weighted by atomic mass is 9.84. The van der Waals surface area contributed by atoms with Gasteiger partial charge in [-0.05, 0) is 37.3 Å². The van der Waals surface area contributed by atoms with Crippen molar-refractivity contribution in [1.82, 2.24) is 9.88 Å². The second-order valence-corrected chi connectivity index (χ2v) is 6.21. The van der Waals surface area contributed by atoms with Crippen molar-refractivity contribution in [3.63, 3.8) is 0 Å². The van der Waals surface area contributed by atoms with Gasteiger partial charge < -0.3 is 15.7 Å². The molecule has 7 nitrogen and oxygen atoms in total. The minimum atomic E-state index is -0.971. The molecule has 3 atom stereocenters. The number of hydrogen-bond acceptors (Lipinski definition) is 4. The molecule has 3 N–H and O–H groups in total. The highest BCUT2D eigenvalue weighted by Crippen LogP contribution is 2.40. The first-order chi connectivity index (χ1) is 11.0. The molecule has 1 aromatic heterocycles. The summed E-state index contributed by atoms with van der Waals surface area (Å²) in [5.41, 5.74) is 5.52. The van der Waals surface area contributed by atoms with Gasteiger partial charge in [0, 0.05) is 12.2 Å². The van der Waals surface area contributed by atoms with E-state index in [2.05, 4.69) is 4.98 Å². The van der Waals surface area contributed by atoms with E-state index in [4.69, 9.17) is 5.73 Å². The predicted molar refractivity (Wildman–Crippen MR) is 80.7 cm³/mol. The minimum absolute atomic E-state index is 0.0324. The minimum Gasteiger partial charge on any atom is -0.480 e. The fraction of sp³-hybridized carbons (Fsp3) is 0.500. The van der Waals surface area contributed by atoms with E-state index < -0.39 is 17.9 Å². The Morgan fingerprint density at radius 2 is 1.96 bits per heavy atom. The average molecular weight is 317 g/mol. The third-order valence-electron chi connectivity index (χ3n) is 4.87. The number of fused-ring (bicyclic) bond motifs is 1. The topological polar surface area (TPSA) is 114 Å². The van der Waals surface area contributed by atoms with Crippen molar-refractivity contribution in [3.05, 3.63) is 29.6 Å². The summed E-state index contributed by atoms with van der Waals surface area (Å²) in [5, 5.41) is 9.47. The Bertz CT molecular complexity index is 643. The average Bonchev–Trinajstić information content (AvgIpc) is 2.94.